The van der Waals surface area contributed by atoms with Crippen molar-refractivity contribution in [2.75, 3.05) is 13.2 Å². The molecule has 0 aromatic rings. The van der Waals surface area contributed by atoms with Gasteiger partial charge in [-0.15, -0.1) is 0 Å². The maximum atomic E-state index is 11.8. The summed E-state index contributed by atoms with van der Waals surface area (Å²) in [6.45, 7) is 5.61. The van der Waals surface area contributed by atoms with E-state index in [1.165, 1.54) is 205 Å². The Labute approximate surface area is 278 Å². The summed E-state index contributed by atoms with van der Waals surface area (Å²) in [5.41, 5.74) is 0. The highest BCUT2D eigenvalue weighted by atomic mass is 16.7. The Bertz CT molecular complexity index is 476. The van der Waals surface area contributed by atoms with E-state index in [1.54, 1.807) is 0 Å². The quantitative estimate of drug-likeness (QED) is 0.0507. The number of rotatable bonds is 38. The van der Waals surface area contributed by atoms with Gasteiger partial charge in [-0.2, -0.15) is 0 Å². The van der Waals surface area contributed by atoms with Crippen LogP contribution >= 0.6 is 0 Å². The fourth-order valence-electron chi connectivity index (χ4n) is 6.36. The van der Waals surface area contributed by atoms with Crippen molar-refractivity contribution in [3.05, 3.63) is 0 Å². The maximum Gasteiger partial charge on any atom is 0.508 e. The molecule has 0 atom stereocenters. The van der Waals surface area contributed by atoms with Gasteiger partial charge < -0.3 is 9.47 Å². The minimum atomic E-state index is -0.469. The molecule has 0 aromatic carbocycles. The molecule has 3 nitrogen and oxygen atoms in total. The third-order valence-electron chi connectivity index (χ3n) is 9.44. The van der Waals surface area contributed by atoms with Crippen LogP contribution in [0.2, 0.25) is 0 Å². The molecule has 0 bridgehead atoms. The first-order valence-corrected chi connectivity index (χ1v) is 20.6. The van der Waals surface area contributed by atoms with Gasteiger partial charge in [0, 0.05) is 0 Å². The Hall–Kier alpha value is -0.730. The highest BCUT2D eigenvalue weighted by Gasteiger charge is 2.03. The minimum Gasteiger partial charge on any atom is -0.434 e. The zero-order valence-corrected chi connectivity index (χ0v) is 30.6. The molecule has 0 aromatic heterocycles. The zero-order valence-electron chi connectivity index (χ0n) is 30.6. The van der Waals surface area contributed by atoms with Gasteiger partial charge >= 0.3 is 6.16 Å². The van der Waals surface area contributed by atoms with Crippen LogP contribution < -0.4 is 0 Å². The predicted molar refractivity (Wildman–Crippen MR) is 195 cm³/mol. The largest absolute Gasteiger partial charge is 0.508 e. The molecule has 0 rings (SSSR count). The molecule has 0 N–H and O–H groups in total. The van der Waals surface area contributed by atoms with Crippen molar-refractivity contribution < 1.29 is 14.3 Å². The minimum absolute atomic E-state index is 0.469. The summed E-state index contributed by atoms with van der Waals surface area (Å²) in [4.78, 5) is 11.8. The topological polar surface area (TPSA) is 35.5 Å². The molecule has 0 amide bonds. The van der Waals surface area contributed by atoms with Crippen LogP contribution in [0.3, 0.4) is 0 Å². The summed E-state index contributed by atoms with van der Waals surface area (Å²) < 4.78 is 10.5. The smallest absolute Gasteiger partial charge is 0.434 e. The molecule has 0 aliphatic heterocycles. The van der Waals surface area contributed by atoms with E-state index in [2.05, 4.69) is 13.8 Å². The number of carbonyl (C=O) groups excluding carboxylic acids is 1. The highest BCUT2D eigenvalue weighted by Crippen LogP contribution is 2.16. The molecule has 0 aliphatic rings. The number of hydrogen-bond acceptors (Lipinski definition) is 3. The molecule has 0 radical (unpaired) electrons. The van der Waals surface area contributed by atoms with E-state index in [4.69, 9.17) is 9.47 Å². The van der Waals surface area contributed by atoms with Crippen molar-refractivity contribution in [3.63, 3.8) is 0 Å². The lowest BCUT2D eigenvalue weighted by Crippen LogP contribution is -2.09. The first kappa shape index (κ1) is 43.3. The SMILES string of the molecule is CCCCCCCCCCCCCCCCCCCCOC(=O)OCCCCCCCCCCCCCCCCCCCC. The number of unbranched alkanes of at least 4 members (excludes halogenated alkanes) is 34. The summed E-state index contributed by atoms with van der Waals surface area (Å²) >= 11 is 0. The molecule has 0 fully saturated rings. The molecular formula is C41H82O3. The summed E-state index contributed by atoms with van der Waals surface area (Å²) in [7, 11) is 0. The van der Waals surface area contributed by atoms with Crippen molar-refractivity contribution in [2.24, 2.45) is 0 Å². The van der Waals surface area contributed by atoms with E-state index in [0.29, 0.717) is 13.2 Å². The molecule has 44 heavy (non-hydrogen) atoms. The van der Waals surface area contributed by atoms with E-state index < -0.39 is 6.16 Å². The van der Waals surface area contributed by atoms with Gasteiger partial charge in [-0.05, 0) is 12.8 Å². The molecule has 0 saturated heterocycles. The zero-order chi connectivity index (χ0) is 31.9. The van der Waals surface area contributed by atoms with Crippen LogP contribution in [0.15, 0.2) is 0 Å². The van der Waals surface area contributed by atoms with E-state index in [0.717, 1.165) is 25.7 Å². The molecule has 0 heterocycles. The van der Waals surface area contributed by atoms with E-state index in [-0.39, 0.29) is 0 Å². The van der Waals surface area contributed by atoms with E-state index in [9.17, 15) is 4.79 Å². The standard InChI is InChI=1S/C41H82O3/c1-3-5-7-9-11-13-15-17-19-21-23-25-27-29-31-33-35-37-39-43-41(42)44-40-38-36-34-32-30-28-26-24-22-20-18-16-14-12-10-8-6-4-2/h3-40H2,1-2H3. The molecule has 0 aliphatic carbocycles. The first-order chi connectivity index (χ1) is 21.8. The third-order valence-corrected chi connectivity index (χ3v) is 9.44. The van der Waals surface area contributed by atoms with Crippen molar-refractivity contribution >= 4 is 6.16 Å². The van der Waals surface area contributed by atoms with Gasteiger partial charge in [0.05, 0.1) is 13.2 Å². The number of hydrogen-bond donors (Lipinski definition) is 0. The van der Waals surface area contributed by atoms with Crippen molar-refractivity contribution in [1.82, 2.24) is 0 Å². The summed E-state index contributed by atoms with van der Waals surface area (Å²) in [6.07, 6.45) is 48.8. The number of ether oxygens (including phenoxy) is 2. The van der Waals surface area contributed by atoms with Gasteiger partial charge in [-0.3, -0.25) is 0 Å². The molecule has 0 saturated carbocycles. The highest BCUT2D eigenvalue weighted by molar-refractivity contribution is 5.59. The van der Waals surface area contributed by atoms with E-state index >= 15 is 0 Å². The lowest BCUT2D eigenvalue weighted by atomic mass is 10.0. The lowest BCUT2D eigenvalue weighted by molar-refractivity contribution is 0.0529. The summed E-state index contributed by atoms with van der Waals surface area (Å²) in [5.74, 6) is 0. The molecule has 0 spiro atoms. The Kier molecular flexibility index (Phi) is 39.6. The van der Waals surface area contributed by atoms with Crippen LogP contribution in [0.25, 0.3) is 0 Å². The Morgan fingerprint density at radius 1 is 0.273 bits per heavy atom. The fourth-order valence-corrected chi connectivity index (χ4v) is 6.36. The van der Waals surface area contributed by atoms with Gasteiger partial charge in [0.15, 0.2) is 0 Å². The van der Waals surface area contributed by atoms with Crippen molar-refractivity contribution in [1.29, 1.82) is 0 Å². The normalized spacial score (nSPS) is 11.3. The second-order valence-electron chi connectivity index (χ2n) is 14.0. The van der Waals surface area contributed by atoms with Gasteiger partial charge in [0.2, 0.25) is 0 Å². The van der Waals surface area contributed by atoms with Gasteiger partial charge in [-0.25, -0.2) is 4.79 Å². The average Bonchev–Trinajstić information content (AvgIpc) is 3.03. The van der Waals surface area contributed by atoms with Crippen molar-refractivity contribution in [2.45, 2.75) is 245 Å². The second-order valence-corrected chi connectivity index (χ2v) is 14.0. The van der Waals surface area contributed by atoms with Crippen molar-refractivity contribution in [3.8, 4) is 0 Å². The van der Waals surface area contributed by atoms with Crippen LogP contribution in [0.4, 0.5) is 4.79 Å². The molecule has 3 heteroatoms. The fraction of sp³-hybridized carbons (Fsp3) is 0.976. The van der Waals surface area contributed by atoms with Gasteiger partial charge in [0.25, 0.3) is 0 Å². The molecule has 0 unspecified atom stereocenters. The lowest BCUT2D eigenvalue weighted by Gasteiger charge is -2.07. The van der Waals surface area contributed by atoms with Crippen LogP contribution in [0, 0.1) is 0 Å². The Morgan fingerprint density at radius 3 is 0.614 bits per heavy atom. The first-order valence-electron chi connectivity index (χ1n) is 20.6. The van der Waals surface area contributed by atoms with E-state index in [1.807, 2.05) is 0 Å². The monoisotopic (exact) mass is 623 g/mol. The van der Waals surface area contributed by atoms with Crippen LogP contribution in [-0.2, 0) is 9.47 Å². The molecule has 264 valence electrons. The van der Waals surface area contributed by atoms with Gasteiger partial charge in [-0.1, -0.05) is 232 Å². The average molecular weight is 623 g/mol. The Morgan fingerprint density at radius 2 is 0.432 bits per heavy atom. The van der Waals surface area contributed by atoms with Crippen LogP contribution in [-0.4, -0.2) is 19.4 Å². The molecular weight excluding hydrogens is 540 g/mol. The summed E-state index contributed by atoms with van der Waals surface area (Å²) in [5, 5.41) is 0. The maximum absolute atomic E-state index is 11.8. The Balaban J connectivity index is 3.14. The van der Waals surface area contributed by atoms with Crippen LogP contribution in [0.5, 0.6) is 0 Å². The summed E-state index contributed by atoms with van der Waals surface area (Å²) in [6, 6.07) is 0. The third kappa shape index (κ3) is 39.3. The second kappa shape index (κ2) is 40.3. The van der Waals surface area contributed by atoms with Crippen LogP contribution in [0.1, 0.15) is 245 Å². The predicted octanol–water partition coefficient (Wildman–Crippen LogP) is 15.2. The van der Waals surface area contributed by atoms with Gasteiger partial charge in [0.1, 0.15) is 0 Å². The number of carbonyl (C=O) groups is 1.